The summed E-state index contributed by atoms with van der Waals surface area (Å²) in [6.45, 7) is 6.10. The summed E-state index contributed by atoms with van der Waals surface area (Å²) in [6, 6.07) is 0. The molecule has 20 heavy (non-hydrogen) atoms. The largest absolute Gasteiger partial charge is 0.487 e. The Labute approximate surface area is 136 Å². The molecule has 0 spiro atoms. The van der Waals surface area contributed by atoms with E-state index in [0.717, 1.165) is 29.0 Å². The lowest BCUT2D eigenvalue weighted by atomic mass is 9.94. The van der Waals surface area contributed by atoms with Gasteiger partial charge in [-0.1, -0.05) is 37.4 Å². The molecule has 2 fully saturated rings. The summed E-state index contributed by atoms with van der Waals surface area (Å²) >= 11 is 6.85. The molecule has 5 atom stereocenters. The average Bonchev–Trinajstić information content (AvgIpc) is 3.07. The minimum Gasteiger partial charge on any atom is -0.487 e. The maximum absolute atomic E-state index is 6.13. The van der Waals surface area contributed by atoms with Crippen LogP contribution in [0.4, 0.5) is 0 Å². The number of hydrogen-bond acceptors (Lipinski definition) is 2. The molecular formula is C16H18Br2O2. The molecule has 0 amide bonds. The molecule has 2 nitrogen and oxygen atoms in total. The standard InChI is InChI=1S/C16H18Br2O2/c1-9(2)6-10-7-12(10)14-16-15(20-14)13(18)8-11(19-16)4-3-5-17/h4-5,10-12,14,16H,1,6-8H2,2H3. The van der Waals surface area contributed by atoms with E-state index in [1.807, 2.05) is 6.08 Å². The fraction of sp³-hybridized carbons (Fsp3) is 0.562. The lowest BCUT2D eigenvalue weighted by Crippen LogP contribution is -2.50. The summed E-state index contributed by atoms with van der Waals surface area (Å²) < 4.78 is 13.2. The number of halogens is 2. The van der Waals surface area contributed by atoms with Gasteiger partial charge >= 0.3 is 0 Å². The molecule has 0 aromatic rings. The van der Waals surface area contributed by atoms with E-state index in [4.69, 9.17) is 9.47 Å². The van der Waals surface area contributed by atoms with Gasteiger partial charge in [0.1, 0.15) is 11.9 Å². The first-order valence-electron chi connectivity index (χ1n) is 6.96. The quantitative estimate of drug-likeness (QED) is 0.496. The van der Waals surface area contributed by atoms with Crippen molar-refractivity contribution in [1.82, 2.24) is 0 Å². The van der Waals surface area contributed by atoms with Gasteiger partial charge in [-0.2, -0.15) is 0 Å². The zero-order chi connectivity index (χ0) is 14.3. The maximum Gasteiger partial charge on any atom is 0.153 e. The number of hydrogen-bond donors (Lipinski definition) is 0. The lowest BCUT2D eigenvalue weighted by molar-refractivity contribution is -0.168. The van der Waals surface area contributed by atoms with Crippen LogP contribution in [0.2, 0.25) is 0 Å². The molecule has 0 radical (unpaired) electrons. The van der Waals surface area contributed by atoms with Gasteiger partial charge in [0.2, 0.25) is 0 Å². The Kier molecular flexibility index (Phi) is 4.28. The van der Waals surface area contributed by atoms with Gasteiger partial charge in [0, 0.05) is 21.8 Å². The van der Waals surface area contributed by atoms with E-state index < -0.39 is 0 Å². The van der Waals surface area contributed by atoms with Crippen LogP contribution in [0.25, 0.3) is 0 Å². The summed E-state index contributed by atoms with van der Waals surface area (Å²) in [6.07, 6.45) is 5.57. The molecule has 4 heteroatoms. The van der Waals surface area contributed by atoms with Crippen molar-refractivity contribution in [3.63, 3.8) is 0 Å². The van der Waals surface area contributed by atoms with Gasteiger partial charge in [-0.05, 0) is 31.8 Å². The van der Waals surface area contributed by atoms with Crippen LogP contribution >= 0.6 is 31.9 Å². The van der Waals surface area contributed by atoms with Crippen molar-refractivity contribution >= 4 is 31.9 Å². The summed E-state index contributed by atoms with van der Waals surface area (Å²) in [5, 5.41) is 0. The Hall–Kier alpha value is -0.280. The van der Waals surface area contributed by atoms with Crippen LogP contribution in [0.3, 0.4) is 0 Å². The van der Waals surface area contributed by atoms with Gasteiger partial charge in [0.25, 0.3) is 0 Å². The third-order valence-electron chi connectivity index (χ3n) is 4.14. The normalized spacial score (nSPS) is 38.0. The van der Waals surface area contributed by atoms with E-state index in [-0.39, 0.29) is 18.3 Å². The molecular weight excluding hydrogens is 384 g/mol. The van der Waals surface area contributed by atoms with Crippen molar-refractivity contribution < 1.29 is 9.47 Å². The van der Waals surface area contributed by atoms with Gasteiger partial charge in [0.15, 0.2) is 6.10 Å². The van der Waals surface area contributed by atoms with Crippen molar-refractivity contribution in [2.45, 2.75) is 44.5 Å². The van der Waals surface area contributed by atoms with Crippen LogP contribution in [0.5, 0.6) is 0 Å². The van der Waals surface area contributed by atoms with Crippen LogP contribution in [-0.2, 0) is 9.47 Å². The van der Waals surface area contributed by atoms with E-state index in [2.05, 4.69) is 51.1 Å². The predicted octanol–water partition coefficient (Wildman–Crippen LogP) is 4.82. The van der Waals surface area contributed by atoms with Gasteiger partial charge in [0.05, 0.1) is 6.10 Å². The molecule has 3 aliphatic rings. The topological polar surface area (TPSA) is 18.5 Å². The number of fused-ring (bicyclic) bond motifs is 1. The molecule has 0 aromatic carbocycles. The van der Waals surface area contributed by atoms with Crippen LogP contribution in [-0.4, -0.2) is 18.3 Å². The van der Waals surface area contributed by atoms with E-state index in [9.17, 15) is 0 Å². The zero-order valence-electron chi connectivity index (χ0n) is 11.4. The van der Waals surface area contributed by atoms with Crippen LogP contribution in [0.15, 0.2) is 39.2 Å². The fourth-order valence-electron chi connectivity index (χ4n) is 3.13. The third kappa shape index (κ3) is 2.85. The van der Waals surface area contributed by atoms with Gasteiger partial charge in [-0.15, -0.1) is 12.3 Å². The average molecular weight is 402 g/mol. The molecule has 1 saturated heterocycles. The minimum absolute atomic E-state index is 0.0802. The van der Waals surface area contributed by atoms with Crippen molar-refractivity contribution in [2.75, 3.05) is 0 Å². The Balaban J connectivity index is 1.64. The van der Waals surface area contributed by atoms with Crippen molar-refractivity contribution in [3.05, 3.63) is 39.2 Å². The second-order valence-electron chi connectivity index (χ2n) is 5.91. The molecule has 2 aliphatic heterocycles. The van der Waals surface area contributed by atoms with Crippen molar-refractivity contribution in [3.8, 4) is 0 Å². The maximum atomic E-state index is 6.13. The van der Waals surface area contributed by atoms with E-state index in [1.165, 1.54) is 12.0 Å². The molecule has 3 rings (SSSR count). The first kappa shape index (κ1) is 14.6. The van der Waals surface area contributed by atoms with E-state index in [0.29, 0.717) is 5.92 Å². The molecule has 5 unspecified atom stereocenters. The van der Waals surface area contributed by atoms with Crippen LogP contribution in [0.1, 0.15) is 26.2 Å². The molecule has 108 valence electrons. The summed E-state index contributed by atoms with van der Waals surface area (Å²) in [5.41, 5.74) is 4.30. The molecule has 1 saturated carbocycles. The smallest absolute Gasteiger partial charge is 0.153 e. The summed E-state index contributed by atoms with van der Waals surface area (Å²) in [7, 11) is 0. The van der Waals surface area contributed by atoms with Crippen LogP contribution in [0, 0.1) is 11.8 Å². The molecule has 0 N–H and O–H groups in total. The molecule has 2 heterocycles. The second kappa shape index (κ2) is 5.84. The van der Waals surface area contributed by atoms with Gasteiger partial charge in [-0.3, -0.25) is 0 Å². The second-order valence-corrected chi connectivity index (χ2v) is 7.33. The Morgan fingerprint density at radius 3 is 3.05 bits per heavy atom. The first-order valence-corrected chi connectivity index (χ1v) is 8.67. The van der Waals surface area contributed by atoms with Crippen LogP contribution < -0.4 is 0 Å². The van der Waals surface area contributed by atoms with Gasteiger partial charge < -0.3 is 9.47 Å². The van der Waals surface area contributed by atoms with Gasteiger partial charge in [-0.25, -0.2) is 0 Å². The lowest BCUT2D eigenvalue weighted by Gasteiger charge is -2.45. The molecule has 1 aliphatic carbocycles. The summed E-state index contributed by atoms with van der Waals surface area (Å²) in [5.74, 6) is 2.37. The zero-order valence-corrected chi connectivity index (χ0v) is 14.6. The SMILES string of the molecule is C=C(C)CC1CC1C1OC2=C(Br)CC(C=C=CBr)OC21. The third-order valence-corrected chi connectivity index (χ3v) is 5.12. The van der Waals surface area contributed by atoms with Crippen molar-refractivity contribution in [1.29, 1.82) is 0 Å². The highest BCUT2D eigenvalue weighted by Gasteiger charge is 2.56. The summed E-state index contributed by atoms with van der Waals surface area (Å²) in [4.78, 5) is 1.72. The number of allylic oxidation sites excluding steroid dienone is 1. The highest BCUT2D eigenvalue weighted by atomic mass is 79.9. The van der Waals surface area contributed by atoms with E-state index in [1.54, 1.807) is 4.99 Å². The van der Waals surface area contributed by atoms with E-state index >= 15 is 0 Å². The Bertz CT molecular complexity index is 517. The first-order chi connectivity index (χ1) is 9.60. The highest BCUT2D eigenvalue weighted by Crippen LogP contribution is 2.54. The minimum atomic E-state index is 0.0802. The number of ether oxygens (including phenoxy) is 2. The number of rotatable bonds is 4. The Morgan fingerprint density at radius 2 is 2.35 bits per heavy atom. The predicted molar refractivity (Wildman–Crippen MR) is 86.7 cm³/mol. The monoisotopic (exact) mass is 400 g/mol. The molecule has 0 bridgehead atoms. The Morgan fingerprint density at radius 1 is 1.55 bits per heavy atom. The highest BCUT2D eigenvalue weighted by molar-refractivity contribution is 9.11. The van der Waals surface area contributed by atoms with Crippen molar-refractivity contribution in [2.24, 2.45) is 11.8 Å². The molecule has 0 aromatic heterocycles. The fourth-order valence-corrected chi connectivity index (χ4v) is 3.92.